The lowest BCUT2D eigenvalue weighted by atomic mass is 10.3. The third kappa shape index (κ3) is 4.08. The highest BCUT2D eigenvalue weighted by atomic mass is 15.2. The van der Waals surface area contributed by atoms with Crippen LogP contribution < -0.4 is 0 Å². The summed E-state index contributed by atoms with van der Waals surface area (Å²) in [6.45, 7) is 10.6. The maximum atomic E-state index is 4.33. The van der Waals surface area contributed by atoms with E-state index in [0.717, 1.165) is 18.1 Å². The van der Waals surface area contributed by atoms with E-state index in [4.69, 9.17) is 0 Å². The number of hydrogen-bond donors (Lipinski definition) is 0. The van der Waals surface area contributed by atoms with E-state index >= 15 is 0 Å². The third-order valence-corrected chi connectivity index (χ3v) is 1.88. The van der Waals surface area contributed by atoms with Gasteiger partial charge in [0.25, 0.3) is 0 Å². The lowest BCUT2D eigenvalue weighted by molar-refractivity contribution is 0.643. The molecule has 0 unspecified atom stereocenters. The molecule has 0 aromatic heterocycles. The summed E-state index contributed by atoms with van der Waals surface area (Å²) in [6, 6.07) is 0. The van der Waals surface area contributed by atoms with Crippen LogP contribution in [0.15, 0.2) is 41.6 Å². The van der Waals surface area contributed by atoms with Gasteiger partial charge in [-0.1, -0.05) is 38.7 Å². The number of amidine groups is 1. The monoisotopic (exact) mass is 192 g/mol. The fraction of sp³-hybridized carbons (Fsp3) is 0.417. The second kappa shape index (κ2) is 7.13. The van der Waals surface area contributed by atoms with E-state index < -0.39 is 0 Å². The zero-order valence-corrected chi connectivity index (χ0v) is 9.62. The molecule has 2 nitrogen and oxygen atoms in total. The predicted molar refractivity (Wildman–Crippen MR) is 64.5 cm³/mol. The van der Waals surface area contributed by atoms with Crippen LogP contribution in [0.25, 0.3) is 0 Å². The first kappa shape index (κ1) is 12.7. The van der Waals surface area contributed by atoms with Gasteiger partial charge in [-0.25, -0.2) is 0 Å². The Labute approximate surface area is 87.3 Å². The summed E-state index contributed by atoms with van der Waals surface area (Å²) >= 11 is 0. The number of aliphatic imine (C=N–C) groups is 1. The smallest absolute Gasteiger partial charge is 0.100 e. The van der Waals surface area contributed by atoms with E-state index in [1.165, 1.54) is 0 Å². The number of nitrogens with zero attached hydrogens (tertiary/aromatic N) is 2. The largest absolute Gasteiger partial charge is 0.334 e. The summed E-state index contributed by atoms with van der Waals surface area (Å²) in [5.74, 6) is 0.996. The van der Waals surface area contributed by atoms with Gasteiger partial charge in [-0.3, -0.25) is 4.99 Å². The number of likely N-dealkylation sites (N-methyl/N-ethyl adjacent to an activating group) is 1. The van der Waals surface area contributed by atoms with Crippen LogP contribution in [-0.2, 0) is 0 Å². The highest BCUT2D eigenvalue weighted by Crippen LogP contribution is 2.03. The Morgan fingerprint density at radius 1 is 1.36 bits per heavy atom. The molecule has 0 spiro atoms. The molecule has 0 N–H and O–H groups in total. The first-order valence-corrected chi connectivity index (χ1v) is 4.98. The Morgan fingerprint density at radius 3 is 2.64 bits per heavy atom. The molecule has 0 saturated heterocycles. The lowest BCUT2D eigenvalue weighted by Gasteiger charge is -2.18. The van der Waals surface area contributed by atoms with Crippen molar-refractivity contribution in [2.24, 2.45) is 4.99 Å². The average molecular weight is 192 g/mol. The van der Waals surface area contributed by atoms with Gasteiger partial charge in [-0.2, -0.15) is 0 Å². The van der Waals surface area contributed by atoms with Crippen LogP contribution in [0.3, 0.4) is 0 Å². The maximum Gasteiger partial charge on any atom is 0.100 e. The van der Waals surface area contributed by atoms with Gasteiger partial charge in [-0.15, -0.1) is 0 Å². The molecular formula is C12H20N2. The van der Waals surface area contributed by atoms with Crippen LogP contribution >= 0.6 is 0 Å². The minimum Gasteiger partial charge on any atom is -0.334 e. The van der Waals surface area contributed by atoms with Gasteiger partial charge in [0.15, 0.2) is 0 Å². The highest BCUT2D eigenvalue weighted by molar-refractivity contribution is 5.81. The molecule has 2 heteroatoms. The maximum absolute atomic E-state index is 4.33. The van der Waals surface area contributed by atoms with Gasteiger partial charge >= 0.3 is 0 Å². The van der Waals surface area contributed by atoms with E-state index in [1.807, 2.05) is 57.0 Å². The molecule has 0 atom stereocenters. The molecule has 0 fully saturated rings. The Balaban J connectivity index is 0.000000791. The minimum atomic E-state index is 0.744. The fourth-order valence-electron chi connectivity index (χ4n) is 0.917. The molecule has 0 aromatic carbocycles. The second-order valence-corrected chi connectivity index (χ2v) is 2.73. The first-order chi connectivity index (χ1) is 6.72. The van der Waals surface area contributed by atoms with Gasteiger partial charge in [0, 0.05) is 12.7 Å². The van der Waals surface area contributed by atoms with Crippen molar-refractivity contribution < 1.29 is 0 Å². The number of allylic oxidation sites excluding steroid dienone is 3. The summed E-state index contributed by atoms with van der Waals surface area (Å²) in [4.78, 5) is 6.31. The molecule has 0 saturated carbocycles. The molecular weight excluding hydrogens is 172 g/mol. The zero-order chi connectivity index (χ0) is 11.0. The SMILES string of the molecule is C=C1/C=C\C=C/CN=C(C)N1C.CC. The Bertz CT molecular complexity index is 257. The second-order valence-electron chi connectivity index (χ2n) is 2.73. The molecule has 0 bridgehead atoms. The summed E-state index contributed by atoms with van der Waals surface area (Å²) < 4.78 is 0. The Morgan fingerprint density at radius 2 is 2.00 bits per heavy atom. The molecule has 1 rings (SSSR count). The minimum absolute atomic E-state index is 0.744. The van der Waals surface area contributed by atoms with Crippen molar-refractivity contribution in [3.63, 3.8) is 0 Å². The molecule has 14 heavy (non-hydrogen) atoms. The van der Waals surface area contributed by atoms with Crippen molar-refractivity contribution in [3.05, 3.63) is 36.6 Å². The van der Waals surface area contributed by atoms with E-state index in [0.29, 0.717) is 0 Å². The Hall–Kier alpha value is -1.31. The Kier molecular flexibility index (Phi) is 6.46. The molecule has 0 aliphatic carbocycles. The fourth-order valence-corrected chi connectivity index (χ4v) is 0.917. The van der Waals surface area contributed by atoms with Crippen LogP contribution in [0.1, 0.15) is 20.8 Å². The normalized spacial score (nSPS) is 20.7. The van der Waals surface area contributed by atoms with E-state index in [9.17, 15) is 0 Å². The van der Waals surface area contributed by atoms with Crippen LogP contribution in [0.4, 0.5) is 0 Å². The first-order valence-electron chi connectivity index (χ1n) is 4.98. The summed E-state index contributed by atoms with van der Waals surface area (Å²) in [5, 5.41) is 0. The summed E-state index contributed by atoms with van der Waals surface area (Å²) in [7, 11) is 1.97. The standard InChI is InChI=1S/C10H14N2.C2H6/c1-9-7-5-4-6-8-11-10(2)12(9)3;1-2/h4-7H,1,8H2,2-3H3;1-2H3/b6-4-,7-5-,11-10?;. The summed E-state index contributed by atoms with van der Waals surface area (Å²) in [5.41, 5.74) is 0.961. The van der Waals surface area contributed by atoms with E-state index in [2.05, 4.69) is 11.6 Å². The molecule has 0 aromatic rings. The van der Waals surface area contributed by atoms with Gasteiger partial charge in [0.1, 0.15) is 5.84 Å². The van der Waals surface area contributed by atoms with Crippen LogP contribution in [-0.4, -0.2) is 24.3 Å². The molecule has 1 heterocycles. The van der Waals surface area contributed by atoms with Gasteiger partial charge in [0.05, 0.1) is 6.54 Å². The van der Waals surface area contributed by atoms with Crippen molar-refractivity contribution >= 4 is 5.84 Å². The topological polar surface area (TPSA) is 15.6 Å². The van der Waals surface area contributed by atoms with Crippen molar-refractivity contribution in [1.29, 1.82) is 0 Å². The van der Waals surface area contributed by atoms with E-state index in [1.54, 1.807) is 0 Å². The molecule has 0 radical (unpaired) electrons. The molecule has 0 amide bonds. The molecule has 1 aliphatic heterocycles. The van der Waals surface area contributed by atoms with Crippen LogP contribution in [0.5, 0.6) is 0 Å². The predicted octanol–water partition coefficient (Wildman–Crippen LogP) is 3.00. The quantitative estimate of drug-likeness (QED) is 0.576. The van der Waals surface area contributed by atoms with Crippen molar-refractivity contribution in [2.75, 3.05) is 13.6 Å². The van der Waals surface area contributed by atoms with Gasteiger partial charge < -0.3 is 4.90 Å². The highest BCUT2D eigenvalue weighted by Gasteiger charge is 2.01. The molecule has 78 valence electrons. The zero-order valence-electron chi connectivity index (χ0n) is 9.62. The average Bonchev–Trinajstić information content (AvgIpc) is 2.28. The molecule has 1 aliphatic rings. The van der Waals surface area contributed by atoms with Crippen molar-refractivity contribution in [3.8, 4) is 0 Å². The van der Waals surface area contributed by atoms with Crippen LogP contribution in [0.2, 0.25) is 0 Å². The van der Waals surface area contributed by atoms with Crippen molar-refractivity contribution in [1.82, 2.24) is 4.90 Å². The van der Waals surface area contributed by atoms with E-state index in [-0.39, 0.29) is 0 Å². The van der Waals surface area contributed by atoms with Gasteiger partial charge in [-0.05, 0) is 13.0 Å². The lowest BCUT2D eigenvalue weighted by Crippen LogP contribution is -2.22. The summed E-state index contributed by atoms with van der Waals surface area (Å²) in [6.07, 6.45) is 7.96. The van der Waals surface area contributed by atoms with Crippen molar-refractivity contribution in [2.45, 2.75) is 20.8 Å². The number of rotatable bonds is 0. The van der Waals surface area contributed by atoms with Crippen LogP contribution in [0, 0.1) is 0 Å². The number of hydrogen-bond acceptors (Lipinski definition) is 2. The van der Waals surface area contributed by atoms with Gasteiger partial charge in [0.2, 0.25) is 0 Å². The third-order valence-electron chi connectivity index (χ3n) is 1.88.